The standard InChI is InChI=1S/C9H15N3O3/c13-7-1-6(3-11-7)12-9(2-8(14)15)4-10-5-9/h6,10,12H,1-5H2,(H,11,13)(H,14,15). The Morgan fingerprint density at radius 2 is 2.33 bits per heavy atom. The highest BCUT2D eigenvalue weighted by Crippen LogP contribution is 2.18. The summed E-state index contributed by atoms with van der Waals surface area (Å²) in [6, 6.07) is 0.0685. The fraction of sp³-hybridized carbons (Fsp3) is 0.778. The van der Waals surface area contributed by atoms with Gasteiger partial charge in [-0.05, 0) is 0 Å². The zero-order valence-corrected chi connectivity index (χ0v) is 8.38. The van der Waals surface area contributed by atoms with Crippen LogP contribution in [0, 0.1) is 0 Å². The van der Waals surface area contributed by atoms with Crippen LogP contribution in [0.5, 0.6) is 0 Å². The van der Waals surface area contributed by atoms with Gasteiger partial charge in [0, 0.05) is 32.1 Å². The van der Waals surface area contributed by atoms with E-state index >= 15 is 0 Å². The van der Waals surface area contributed by atoms with Gasteiger partial charge >= 0.3 is 5.97 Å². The van der Waals surface area contributed by atoms with Crippen LogP contribution < -0.4 is 16.0 Å². The molecule has 6 nitrogen and oxygen atoms in total. The third kappa shape index (κ3) is 2.27. The minimum atomic E-state index is -0.804. The summed E-state index contributed by atoms with van der Waals surface area (Å²) < 4.78 is 0. The lowest BCUT2D eigenvalue weighted by atomic mass is 9.87. The van der Waals surface area contributed by atoms with Gasteiger partial charge in [0.25, 0.3) is 0 Å². The molecule has 6 heteroatoms. The summed E-state index contributed by atoms with van der Waals surface area (Å²) in [4.78, 5) is 21.7. The average molecular weight is 213 g/mol. The van der Waals surface area contributed by atoms with Gasteiger partial charge in [-0.2, -0.15) is 0 Å². The van der Waals surface area contributed by atoms with Crippen LogP contribution >= 0.6 is 0 Å². The molecule has 0 spiro atoms. The number of nitrogens with one attached hydrogen (secondary N) is 3. The molecule has 2 rings (SSSR count). The molecule has 0 aliphatic carbocycles. The van der Waals surface area contributed by atoms with Crippen LogP contribution in [0.4, 0.5) is 0 Å². The van der Waals surface area contributed by atoms with Crippen molar-refractivity contribution in [2.24, 2.45) is 0 Å². The summed E-state index contributed by atoms with van der Waals surface area (Å²) in [7, 11) is 0. The van der Waals surface area contributed by atoms with E-state index in [1.165, 1.54) is 0 Å². The molecule has 2 fully saturated rings. The predicted octanol–water partition coefficient (Wildman–Crippen LogP) is -1.72. The van der Waals surface area contributed by atoms with Crippen LogP contribution in [0.3, 0.4) is 0 Å². The SMILES string of the molecule is O=C(O)CC1(NC2CNC(=O)C2)CNC1. The van der Waals surface area contributed by atoms with Gasteiger partial charge in [-0.1, -0.05) is 0 Å². The number of amides is 1. The number of carboxylic acids is 1. The second-order valence-corrected chi connectivity index (χ2v) is 4.30. The van der Waals surface area contributed by atoms with Gasteiger partial charge in [-0.25, -0.2) is 0 Å². The summed E-state index contributed by atoms with van der Waals surface area (Å²) in [6.45, 7) is 1.91. The smallest absolute Gasteiger partial charge is 0.305 e. The monoisotopic (exact) mass is 213 g/mol. The van der Waals surface area contributed by atoms with Gasteiger partial charge in [0.05, 0.1) is 12.0 Å². The molecule has 2 aliphatic heterocycles. The van der Waals surface area contributed by atoms with E-state index in [4.69, 9.17) is 5.11 Å². The Kier molecular flexibility index (Phi) is 2.62. The van der Waals surface area contributed by atoms with E-state index in [0.29, 0.717) is 26.1 Å². The fourth-order valence-electron chi connectivity index (χ4n) is 2.13. The van der Waals surface area contributed by atoms with E-state index in [2.05, 4.69) is 16.0 Å². The highest BCUT2D eigenvalue weighted by atomic mass is 16.4. The van der Waals surface area contributed by atoms with Crippen molar-refractivity contribution in [3.63, 3.8) is 0 Å². The normalized spacial score (nSPS) is 28.3. The van der Waals surface area contributed by atoms with Crippen molar-refractivity contribution in [1.29, 1.82) is 0 Å². The number of aliphatic carboxylic acids is 1. The number of hydrogen-bond donors (Lipinski definition) is 4. The molecule has 84 valence electrons. The van der Waals surface area contributed by atoms with Gasteiger partial charge < -0.3 is 21.1 Å². The quantitative estimate of drug-likeness (QED) is 0.446. The van der Waals surface area contributed by atoms with Crippen molar-refractivity contribution in [2.45, 2.75) is 24.4 Å². The lowest BCUT2D eigenvalue weighted by molar-refractivity contribution is -0.139. The maximum atomic E-state index is 11.0. The van der Waals surface area contributed by atoms with E-state index in [9.17, 15) is 9.59 Å². The van der Waals surface area contributed by atoms with E-state index in [-0.39, 0.29) is 23.9 Å². The molecule has 2 aliphatic rings. The third-order valence-corrected chi connectivity index (χ3v) is 2.90. The van der Waals surface area contributed by atoms with Gasteiger partial charge in [-0.3, -0.25) is 9.59 Å². The minimum absolute atomic E-state index is 0.0326. The first kappa shape index (κ1) is 10.4. The van der Waals surface area contributed by atoms with Crippen molar-refractivity contribution in [1.82, 2.24) is 16.0 Å². The summed E-state index contributed by atoms with van der Waals surface area (Å²) in [5.74, 6) is -0.772. The van der Waals surface area contributed by atoms with E-state index in [1.54, 1.807) is 0 Å². The topological polar surface area (TPSA) is 90.5 Å². The lowest BCUT2D eigenvalue weighted by Crippen LogP contribution is -2.70. The highest BCUT2D eigenvalue weighted by Gasteiger charge is 2.41. The first-order valence-corrected chi connectivity index (χ1v) is 5.07. The molecule has 4 N–H and O–H groups in total. The first-order chi connectivity index (χ1) is 7.10. The molecule has 0 aromatic carbocycles. The summed E-state index contributed by atoms with van der Waals surface area (Å²) in [6.07, 6.45) is 0.548. The molecule has 1 atom stereocenters. The minimum Gasteiger partial charge on any atom is -0.481 e. The predicted molar refractivity (Wildman–Crippen MR) is 52.4 cm³/mol. The molecule has 1 unspecified atom stereocenters. The van der Waals surface area contributed by atoms with Crippen LogP contribution in [-0.2, 0) is 9.59 Å². The Balaban J connectivity index is 1.90. The van der Waals surface area contributed by atoms with Crippen molar-refractivity contribution in [2.75, 3.05) is 19.6 Å². The summed E-state index contributed by atoms with van der Waals surface area (Å²) >= 11 is 0. The lowest BCUT2D eigenvalue weighted by Gasteiger charge is -2.44. The Bertz CT molecular complexity index is 288. The maximum Gasteiger partial charge on any atom is 0.305 e. The average Bonchev–Trinajstić information content (AvgIpc) is 2.46. The number of rotatable bonds is 4. The van der Waals surface area contributed by atoms with Crippen molar-refractivity contribution in [3.8, 4) is 0 Å². The molecular weight excluding hydrogens is 198 g/mol. The van der Waals surface area contributed by atoms with Gasteiger partial charge in [-0.15, -0.1) is 0 Å². The molecular formula is C9H15N3O3. The van der Waals surface area contributed by atoms with Crippen LogP contribution in [0.2, 0.25) is 0 Å². The van der Waals surface area contributed by atoms with Gasteiger partial charge in [0.15, 0.2) is 0 Å². The highest BCUT2D eigenvalue weighted by molar-refractivity contribution is 5.79. The molecule has 0 saturated carbocycles. The third-order valence-electron chi connectivity index (χ3n) is 2.90. The molecule has 0 radical (unpaired) electrons. The largest absolute Gasteiger partial charge is 0.481 e. The van der Waals surface area contributed by atoms with Crippen LogP contribution in [0.15, 0.2) is 0 Å². The Labute approximate surface area is 87.4 Å². The second kappa shape index (κ2) is 3.79. The number of carbonyl (C=O) groups excluding carboxylic acids is 1. The van der Waals surface area contributed by atoms with Crippen molar-refractivity contribution in [3.05, 3.63) is 0 Å². The van der Waals surface area contributed by atoms with Gasteiger partial charge in [0.1, 0.15) is 0 Å². The molecule has 0 bridgehead atoms. The zero-order chi connectivity index (χ0) is 10.9. The molecule has 2 saturated heterocycles. The number of carboxylic acid groups (broad SMARTS) is 1. The fourth-order valence-corrected chi connectivity index (χ4v) is 2.13. The maximum absolute atomic E-state index is 11.0. The Morgan fingerprint density at radius 3 is 2.73 bits per heavy atom. The van der Waals surface area contributed by atoms with E-state index in [0.717, 1.165) is 0 Å². The summed E-state index contributed by atoms with van der Waals surface area (Å²) in [5.41, 5.74) is -0.358. The molecule has 0 aromatic rings. The Hall–Kier alpha value is -1.14. The van der Waals surface area contributed by atoms with Gasteiger partial charge in [0.2, 0.25) is 5.91 Å². The molecule has 2 heterocycles. The van der Waals surface area contributed by atoms with Crippen LogP contribution in [-0.4, -0.2) is 48.2 Å². The van der Waals surface area contributed by atoms with Crippen LogP contribution in [0.1, 0.15) is 12.8 Å². The summed E-state index contributed by atoms with van der Waals surface area (Å²) in [5, 5.41) is 17.8. The second-order valence-electron chi connectivity index (χ2n) is 4.30. The van der Waals surface area contributed by atoms with Crippen molar-refractivity contribution < 1.29 is 14.7 Å². The molecule has 15 heavy (non-hydrogen) atoms. The Morgan fingerprint density at radius 1 is 1.60 bits per heavy atom. The molecule has 0 aromatic heterocycles. The first-order valence-electron chi connectivity index (χ1n) is 5.07. The molecule has 1 amide bonds. The zero-order valence-electron chi connectivity index (χ0n) is 8.38. The van der Waals surface area contributed by atoms with Crippen LogP contribution in [0.25, 0.3) is 0 Å². The van der Waals surface area contributed by atoms with E-state index in [1.807, 2.05) is 0 Å². The van der Waals surface area contributed by atoms with E-state index < -0.39 is 5.97 Å². The number of carbonyl (C=O) groups is 2. The van der Waals surface area contributed by atoms with Crippen molar-refractivity contribution >= 4 is 11.9 Å². The number of hydrogen-bond acceptors (Lipinski definition) is 4.